The number of thiophene rings is 1. The largest absolute Gasteiger partial charge is 0.368 e. The number of hydrogen-bond donors (Lipinski definition) is 4. The summed E-state index contributed by atoms with van der Waals surface area (Å²) < 4.78 is 0. The second kappa shape index (κ2) is 7.31. The summed E-state index contributed by atoms with van der Waals surface area (Å²) in [6.07, 6.45) is 3.53. The predicted octanol–water partition coefficient (Wildman–Crippen LogP) is 1.60. The first kappa shape index (κ1) is 17.5. The molecule has 0 aliphatic rings. The van der Waals surface area contributed by atoms with Crippen LogP contribution in [0.2, 0.25) is 0 Å². The molecule has 1 atom stereocenters. The van der Waals surface area contributed by atoms with E-state index in [4.69, 9.17) is 11.5 Å². The van der Waals surface area contributed by atoms with E-state index in [1.807, 2.05) is 24.4 Å². The standard InChI is InChI=1S/C16H17N7O2S/c1-2-9(13(17)24)21-11-6-20-12(14(18)25)15(23-11)22-10-7-26-16-8(10)4-3-5-19-16/h3-7,9H,2H2,1H3,(H2,17,24)(H2,18,25)(H2,21,22,23). The third kappa shape index (κ3) is 3.54. The fourth-order valence-electron chi connectivity index (χ4n) is 2.37. The van der Waals surface area contributed by atoms with E-state index < -0.39 is 17.9 Å². The van der Waals surface area contributed by atoms with Crippen molar-refractivity contribution in [3.8, 4) is 0 Å². The maximum atomic E-state index is 11.7. The van der Waals surface area contributed by atoms with Crippen LogP contribution in [-0.2, 0) is 4.79 Å². The number of aromatic nitrogens is 3. The van der Waals surface area contributed by atoms with E-state index in [0.717, 1.165) is 15.9 Å². The molecule has 0 aliphatic carbocycles. The van der Waals surface area contributed by atoms with Crippen LogP contribution in [0.25, 0.3) is 10.2 Å². The van der Waals surface area contributed by atoms with Gasteiger partial charge >= 0.3 is 0 Å². The van der Waals surface area contributed by atoms with Gasteiger partial charge < -0.3 is 22.1 Å². The summed E-state index contributed by atoms with van der Waals surface area (Å²) in [7, 11) is 0. The molecule has 0 aliphatic heterocycles. The smallest absolute Gasteiger partial charge is 0.271 e. The lowest BCUT2D eigenvalue weighted by molar-refractivity contribution is -0.118. The molecule has 9 nitrogen and oxygen atoms in total. The van der Waals surface area contributed by atoms with Crippen LogP contribution in [0.1, 0.15) is 23.8 Å². The number of rotatable bonds is 7. The molecular weight excluding hydrogens is 354 g/mol. The number of nitrogens with two attached hydrogens (primary N) is 2. The first-order valence-corrected chi connectivity index (χ1v) is 8.69. The second-order valence-electron chi connectivity index (χ2n) is 5.45. The molecule has 0 spiro atoms. The Morgan fingerprint density at radius 3 is 2.81 bits per heavy atom. The highest BCUT2D eigenvalue weighted by Gasteiger charge is 2.18. The highest BCUT2D eigenvalue weighted by Crippen LogP contribution is 2.31. The molecular formula is C16H17N7O2S. The summed E-state index contributed by atoms with van der Waals surface area (Å²) >= 11 is 1.46. The Morgan fingerprint density at radius 2 is 2.12 bits per heavy atom. The fraction of sp³-hybridized carbons (Fsp3) is 0.188. The molecule has 0 bridgehead atoms. The van der Waals surface area contributed by atoms with E-state index in [1.54, 1.807) is 6.20 Å². The van der Waals surface area contributed by atoms with Crippen molar-refractivity contribution in [1.82, 2.24) is 15.0 Å². The first-order valence-electron chi connectivity index (χ1n) is 7.81. The maximum absolute atomic E-state index is 11.7. The third-order valence-electron chi connectivity index (χ3n) is 3.68. The zero-order chi connectivity index (χ0) is 18.7. The van der Waals surface area contributed by atoms with Gasteiger partial charge in [0.15, 0.2) is 11.5 Å². The van der Waals surface area contributed by atoms with Crippen LogP contribution in [-0.4, -0.2) is 32.8 Å². The topological polar surface area (TPSA) is 149 Å². The normalized spacial score (nSPS) is 11.9. The number of nitrogens with zero attached hydrogens (tertiary/aromatic N) is 3. The molecule has 26 heavy (non-hydrogen) atoms. The van der Waals surface area contributed by atoms with Gasteiger partial charge in [0.05, 0.1) is 11.9 Å². The first-order chi connectivity index (χ1) is 12.5. The van der Waals surface area contributed by atoms with Gasteiger partial charge in [-0.1, -0.05) is 6.92 Å². The quantitative estimate of drug-likeness (QED) is 0.493. The van der Waals surface area contributed by atoms with Crippen molar-refractivity contribution in [2.45, 2.75) is 19.4 Å². The molecule has 0 fully saturated rings. The van der Waals surface area contributed by atoms with Gasteiger partial charge in [-0.3, -0.25) is 9.59 Å². The van der Waals surface area contributed by atoms with E-state index in [-0.39, 0.29) is 11.5 Å². The van der Waals surface area contributed by atoms with Gasteiger partial charge in [-0.15, -0.1) is 11.3 Å². The zero-order valence-corrected chi connectivity index (χ0v) is 14.7. The monoisotopic (exact) mass is 371 g/mol. The van der Waals surface area contributed by atoms with Gasteiger partial charge in [-0.2, -0.15) is 0 Å². The minimum absolute atomic E-state index is 0.00841. The Morgan fingerprint density at radius 1 is 1.31 bits per heavy atom. The zero-order valence-electron chi connectivity index (χ0n) is 13.9. The lowest BCUT2D eigenvalue weighted by Crippen LogP contribution is -2.35. The molecule has 10 heteroatoms. The van der Waals surface area contributed by atoms with E-state index in [0.29, 0.717) is 12.2 Å². The molecule has 3 aromatic rings. The van der Waals surface area contributed by atoms with Crippen LogP contribution in [0.15, 0.2) is 29.9 Å². The molecule has 3 rings (SSSR count). The van der Waals surface area contributed by atoms with Gasteiger partial charge in [-0.25, -0.2) is 15.0 Å². The molecule has 3 aromatic heterocycles. The molecule has 0 saturated carbocycles. The summed E-state index contributed by atoms with van der Waals surface area (Å²) in [5.41, 5.74) is 11.5. The minimum Gasteiger partial charge on any atom is -0.368 e. The Hall–Kier alpha value is -3.27. The predicted molar refractivity (Wildman–Crippen MR) is 100 cm³/mol. The number of fused-ring (bicyclic) bond motifs is 1. The maximum Gasteiger partial charge on any atom is 0.271 e. The van der Waals surface area contributed by atoms with Crippen molar-refractivity contribution >= 4 is 50.7 Å². The number of nitrogens with one attached hydrogen (secondary N) is 2. The molecule has 134 valence electrons. The van der Waals surface area contributed by atoms with Crippen LogP contribution in [0.5, 0.6) is 0 Å². The number of pyridine rings is 1. The highest BCUT2D eigenvalue weighted by molar-refractivity contribution is 7.17. The summed E-state index contributed by atoms with van der Waals surface area (Å²) in [6.45, 7) is 1.82. The van der Waals surface area contributed by atoms with Crippen molar-refractivity contribution in [2.24, 2.45) is 11.5 Å². The van der Waals surface area contributed by atoms with Crippen molar-refractivity contribution in [3.05, 3.63) is 35.6 Å². The fourth-order valence-corrected chi connectivity index (χ4v) is 3.21. The van der Waals surface area contributed by atoms with Crippen LogP contribution in [0.4, 0.5) is 17.3 Å². The molecule has 2 amide bonds. The number of primary amides is 2. The summed E-state index contributed by atoms with van der Waals surface area (Å²) in [4.78, 5) is 36.6. The Bertz CT molecular complexity index is 972. The van der Waals surface area contributed by atoms with Crippen molar-refractivity contribution < 1.29 is 9.59 Å². The molecule has 0 saturated heterocycles. The average Bonchev–Trinajstić information content (AvgIpc) is 3.02. The SMILES string of the molecule is CCC(Nc1cnc(C(N)=O)c(Nc2csc3ncccc23)n1)C(N)=O. The molecule has 0 aromatic carbocycles. The lowest BCUT2D eigenvalue weighted by atomic mass is 10.2. The minimum atomic E-state index is -0.717. The van der Waals surface area contributed by atoms with Crippen molar-refractivity contribution in [3.63, 3.8) is 0 Å². The Balaban J connectivity index is 1.97. The Labute approximate surface area is 152 Å². The number of hydrogen-bond acceptors (Lipinski definition) is 8. The van der Waals surface area contributed by atoms with Crippen LogP contribution < -0.4 is 22.1 Å². The van der Waals surface area contributed by atoms with Gasteiger partial charge in [0.25, 0.3) is 5.91 Å². The van der Waals surface area contributed by atoms with E-state index >= 15 is 0 Å². The van der Waals surface area contributed by atoms with Crippen LogP contribution >= 0.6 is 11.3 Å². The summed E-state index contributed by atoms with van der Waals surface area (Å²) in [5, 5.41) is 8.73. The third-order valence-corrected chi connectivity index (χ3v) is 4.58. The summed E-state index contributed by atoms with van der Waals surface area (Å²) in [5.74, 6) is -0.727. The molecule has 0 radical (unpaired) electrons. The van der Waals surface area contributed by atoms with Crippen LogP contribution in [0, 0.1) is 0 Å². The highest BCUT2D eigenvalue weighted by atomic mass is 32.1. The van der Waals surface area contributed by atoms with E-state index in [1.165, 1.54) is 17.5 Å². The number of anilines is 3. The lowest BCUT2D eigenvalue weighted by Gasteiger charge is -2.15. The van der Waals surface area contributed by atoms with Gasteiger partial charge in [0.1, 0.15) is 16.7 Å². The number of amides is 2. The molecule has 6 N–H and O–H groups in total. The number of carbonyl (C=O) groups excluding carboxylic acids is 2. The van der Waals surface area contributed by atoms with Gasteiger partial charge in [0.2, 0.25) is 5.91 Å². The van der Waals surface area contributed by atoms with E-state index in [2.05, 4.69) is 25.6 Å². The molecule has 1 unspecified atom stereocenters. The van der Waals surface area contributed by atoms with Crippen molar-refractivity contribution in [1.29, 1.82) is 0 Å². The van der Waals surface area contributed by atoms with Crippen LogP contribution in [0.3, 0.4) is 0 Å². The average molecular weight is 371 g/mol. The number of carbonyl (C=O) groups is 2. The van der Waals surface area contributed by atoms with Crippen molar-refractivity contribution in [2.75, 3.05) is 10.6 Å². The van der Waals surface area contributed by atoms with Gasteiger partial charge in [-0.05, 0) is 18.6 Å². The molecule has 3 heterocycles. The second-order valence-corrected chi connectivity index (χ2v) is 6.31. The summed E-state index contributed by atoms with van der Waals surface area (Å²) in [6, 6.07) is 3.13. The van der Waals surface area contributed by atoms with Gasteiger partial charge in [0, 0.05) is 17.0 Å². The Kier molecular flexibility index (Phi) is 4.94. The van der Waals surface area contributed by atoms with E-state index in [9.17, 15) is 9.59 Å².